The van der Waals surface area contributed by atoms with Gasteiger partial charge in [0.2, 0.25) is 0 Å². The van der Waals surface area contributed by atoms with Gasteiger partial charge in [0.1, 0.15) is 12.3 Å². The van der Waals surface area contributed by atoms with E-state index in [1.54, 1.807) is 13.8 Å². The molecule has 0 aromatic heterocycles. The first-order valence-electron chi connectivity index (χ1n) is 6.19. The van der Waals surface area contributed by atoms with Crippen LogP contribution in [0.5, 0.6) is 0 Å². The van der Waals surface area contributed by atoms with Crippen LogP contribution in [0.15, 0.2) is 18.2 Å². The first-order valence-corrected chi connectivity index (χ1v) is 6.19. The summed E-state index contributed by atoms with van der Waals surface area (Å²) in [5.41, 5.74) is -2.79. The third kappa shape index (κ3) is 4.90. The molecule has 1 rings (SSSR count). The van der Waals surface area contributed by atoms with Gasteiger partial charge in [-0.05, 0) is 26.0 Å². The molecule has 0 aliphatic rings. The molecule has 0 bridgehead atoms. The molecule has 6 nitrogen and oxygen atoms in total. The smallest absolute Gasteiger partial charge is 0.416 e. The number of esters is 1. The van der Waals surface area contributed by atoms with Crippen molar-refractivity contribution < 1.29 is 27.6 Å². The molecule has 1 aromatic rings. The summed E-state index contributed by atoms with van der Waals surface area (Å²) in [5.74, 6) is -0.531. The molecule has 0 unspecified atom stereocenters. The Morgan fingerprint density at radius 1 is 1.36 bits per heavy atom. The second kappa shape index (κ2) is 6.20. The SMILES string of the molecule is CC(=O)OCC(C)(C)Nc1ccc(C(F)(F)F)cc1[N+](=O)[O-]. The second-order valence-electron chi connectivity index (χ2n) is 5.28. The van der Waals surface area contributed by atoms with Crippen molar-refractivity contribution in [1.82, 2.24) is 0 Å². The van der Waals surface area contributed by atoms with E-state index in [-0.39, 0.29) is 12.3 Å². The Labute approximate surface area is 124 Å². The summed E-state index contributed by atoms with van der Waals surface area (Å²) in [6, 6.07) is 2.19. The van der Waals surface area contributed by atoms with E-state index in [4.69, 9.17) is 4.74 Å². The zero-order chi connectivity index (χ0) is 17.1. The molecular weight excluding hydrogens is 305 g/mol. The van der Waals surface area contributed by atoms with Crippen LogP contribution in [0.2, 0.25) is 0 Å². The number of carbonyl (C=O) groups excluding carboxylic acids is 1. The van der Waals surface area contributed by atoms with Gasteiger partial charge in [0, 0.05) is 13.0 Å². The van der Waals surface area contributed by atoms with Gasteiger partial charge < -0.3 is 10.1 Å². The molecule has 0 saturated heterocycles. The molecule has 0 atom stereocenters. The van der Waals surface area contributed by atoms with E-state index in [0.717, 1.165) is 12.1 Å². The molecule has 22 heavy (non-hydrogen) atoms. The summed E-state index contributed by atoms with van der Waals surface area (Å²) in [6.07, 6.45) is -4.67. The number of benzene rings is 1. The maximum Gasteiger partial charge on any atom is 0.416 e. The van der Waals surface area contributed by atoms with Gasteiger partial charge in [-0.2, -0.15) is 13.2 Å². The average molecular weight is 320 g/mol. The highest BCUT2D eigenvalue weighted by Gasteiger charge is 2.33. The van der Waals surface area contributed by atoms with E-state index in [1.165, 1.54) is 6.92 Å². The highest BCUT2D eigenvalue weighted by atomic mass is 19.4. The van der Waals surface area contributed by atoms with E-state index in [9.17, 15) is 28.1 Å². The summed E-state index contributed by atoms with van der Waals surface area (Å²) in [6.45, 7) is 4.30. The largest absolute Gasteiger partial charge is 0.463 e. The maximum atomic E-state index is 12.6. The third-order valence-corrected chi connectivity index (χ3v) is 2.63. The molecule has 122 valence electrons. The lowest BCUT2D eigenvalue weighted by molar-refractivity contribution is -0.384. The van der Waals surface area contributed by atoms with Crippen LogP contribution in [0.4, 0.5) is 24.5 Å². The van der Waals surface area contributed by atoms with Crippen molar-refractivity contribution in [3.8, 4) is 0 Å². The van der Waals surface area contributed by atoms with Crippen molar-refractivity contribution in [1.29, 1.82) is 0 Å². The predicted octanol–water partition coefficient (Wildman–Crippen LogP) is 3.37. The Kier molecular flexibility index (Phi) is 5.00. The number of halogens is 3. The number of carbonyl (C=O) groups is 1. The van der Waals surface area contributed by atoms with E-state index in [1.807, 2.05) is 0 Å². The Hall–Kier alpha value is -2.32. The van der Waals surface area contributed by atoms with Gasteiger partial charge in [0.05, 0.1) is 16.0 Å². The number of anilines is 1. The lowest BCUT2D eigenvalue weighted by Gasteiger charge is -2.26. The van der Waals surface area contributed by atoms with Crippen LogP contribution in [0, 0.1) is 10.1 Å². The van der Waals surface area contributed by atoms with Crippen LogP contribution in [0.25, 0.3) is 0 Å². The Balaban J connectivity index is 3.09. The Morgan fingerprint density at radius 2 is 1.95 bits per heavy atom. The number of hydrogen-bond acceptors (Lipinski definition) is 5. The van der Waals surface area contributed by atoms with Gasteiger partial charge >= 0.3 is 12.1 Å². The first-order chi connectivity index (χ1) is 9.92. The van der Waals surface area contributed by atoms with E-state index in [0.29, 0.717) is 6.07 Å². The lowest BCUT2D eigenvalue weighted by atomic mass is 10.1. The van der Waals surface area contributed by atoms with Crippen molar-refractivity contribution in [2.45, 2.75) is 32.5 Å². The predicted molar refractivity (Wildman–Crippen MR) is 72.4 cm³/mol. The highest BCUT2D eigenvalue weighted by molar-refractivity contribution is 5.66. The van der Waals surface area contributed by atoms with Crippen LogP contribution in [0.3, 0.4) is 0 Å². The number of nitrogens with one attached hydrogen (secondary N) is 1. The van der Waals surface area contributed by atoms with Crippen molar-refractivity contribution in [3.63, 3.8) is 0 Å². The summed E-state index contributed by atoms with van der Waals surface area (Å²) in [5, 5.41) is 13.7. The van der Waals surface area contributed by atoms with Crippen molar-refractivity contribution in [2.24, 2.45) is 0 Å². The fourth-order valence-corrected chi connectivity index (χ4v) is 1.65. The van der Waals surface area contributed by atoms with E-state index >= 15 is 0 Å². The molecule has 0 spiro atoms. The van der Waals surface area contributed by atoms with E-state index < -0.39 is 33.9 Å². The average Bonchev–Trinajstić information content (AvgIpc) is 2.35. The van der Waals surface area contributed by atoms with Gasteiger partial charge in [-0.25, -0.2) is 0 Å². The zero-order valence-corrected chi connectivity index (χ0v) is 12.2. The topological polar surface area (TPSA) is 81.5 Å². The van der Waals surface area contributed by atoms with Gasteiger partial charge in [0.15, 0.2) is 0 Å². The van der Waals surface area contributed by atoms with Crippen LogP contribution in [-0.2, 0) is 15.7 Å². The molecule has 0 amide bonds. The fraction of sp³-hybridized carbons (Fsp3) is 0.462. The molecule has 0 heterocycles. The van der Waals surface area contributed by atoms with Crippen LogP contribution >= 0.6 is 0 Å². The fourth-order valence-electron chi connectivity index (χ4n) is 1.65. The first kappa shape index (κ1) is 17.7. The van der Waals surface area contributed by atoms with Crippen LogP contribution in [-0.4, -0.2) is 23.0 Å². The summed E-state index contributed by atoms with van der Waals surface area (Å²) < 4.78 is 42.6. The van der Waals surface area contributed by atoms with Crippen LogP contribution < -0.4 is 5.32 Å². The minimum absolute atomic E-state index is 0.0878. The van der Waals surface area contributed by atoms with Gasteiger partial charge in [-0.3, -0.25) is 14.9 Å². The molecule has 0 radical (unpaired) electrons. The molecule has 0 fully saturated rings. The van der Waals surface area contributed by atoms with E-state index in [2.05, 4.69) is 5.32 Å². The summed E-state index contributed by atoms with van der Waals surface area (Å²) in [7, 11) is 0. The molecule has 0 aliphatic carbocycles. The minimum atomic E-state index is -4.67. The third-order valence-electron chi connectivity index (χ3n) is 2.63. The monoisotopic (exact) mass is 320 g/mol. The number of nitro groups is 1. The van der Waals surface area contributed by atoms with Crippen LogP contribution in [0.1, 0.15) is 26.3 Å². The van der Waals surface area contributed by atoms with Gasteiger partial charge in [-0.1, -0.05) is 0 Å². The normalized spacial score (nSPS) is 11.9. The number of nitro benzene ring substituents is 1. The summed E-state index contributed by atoms with van der Waals surface area (Å²) in [4.78, 5) is 20.9. The second-order valence-corrected chi connectivity index (χ2v) is 5.28. The minimum Gasteiger partial charge on any atom is -0.463 e. The Bertz CT molecular complexity index is 585. The number of hydrogen-bond donors (Lipinski definition) is 1. The highest BCUT2D eigenvalue weighted by Crippen LogP contribution is 2.35. The zero-order valence-electron chi connectivity index (χ0n) is 12.2. The molecule has 1 N–H and O–H groups in total. The number of ether oxygens (including phenoxy) is 1. The molecule has 1 aromatic carbocycles. The lowest BCUT2D eigenvalue weighted by Crippen LogP contribution is -2.37. The standard InChI is InChI=1S/C13H15F3N2O4/c1-8(19)22-7-12(2,3)17-10-5-4-9(13(14,15)16)6-11(10)18(20)21/h4-6,17H,7H2,1-3H3. The van der Waals surface area contributed by atoms with Crippen molar-refractivity contribution in [2.75, 3.05) is 11.9 Å². The molecule has 0 aliphatic heterocycles. The number of alkyl halides is 3. The number of nitrogens with zero attached hydrogens (tertiary/aromatic N) is 1. The molecular formula is C13H15F3N2O4. The Morgan fingerprint density at radius 3 is 2.41 bits per heavy atom. The van der Waals surface area contributed by atoms with Crippen molar-refractivity contribution in [3.05, 3.63) is 33.9 Å². The van der Waals surface area contributed by atoms with Crippen molar-refractivity contribution >= 4 is 17.3 Å². The van der Waals surface area contributed by atoms with Gasteiger partial charge in [0.25, 0.3) is 5.69 Å². The molecule has 0 saturated carbocycles. The van der Waals surface area contributed by atoms with Gasteiger partial charge in [-0.15, -0.1) is 0 Å². The summed E-state index contributed by atoms with van der Waals surface area (Å²) >= 11 is 0. The quantitative estimate of drug-likeness (QED) is 0.511. The number of rotatable bonds is 5. The molecule has 9 heteroatoms. The maximum absolute atomic E-state index is 12.6.